The molecule has 1 aromatic heterocycles. The fourth-order valence-corrected chi connectivity index (χ4v) is 3.57. The Labute approximate surface area is 182 Å². The van der Waals surface area contributed by atoms with E-state index in [-0.39, 0.29) is 33.8 Å². The Morgan fingerprint density at radius 2 is 1.69 bits per heavy atom. The van der Waals surface area contributed by atoms with Gasteiger partial charge in [0.1, 0.15) is 29.1 Å². The number of methoxy groups -OCH3 is 1. The zero-order chi connectivity index (χ0) is 22.8. The molecule has 3 aromatic rings. The van der Waals surface area contributed by atoms with Gasteiger partial charge in [-0.05, 0) is 12.1 Å². The summed E-state index contributed by atoms with van der Waals surface area (Å²) in [5.74, 6) is -2.28. The van der Waals surface area contributed by atoms with Crippen molar-refractivity contribution in [3.63, 3.8) is 0 Å². The summed E-state index contributed by atoms with van der Waals surface area (Å²) >= 11 is 0. The van der Waals surface area contributed by atoms with E-state index in [1.54, 1.807) is 0 Å². The monoisotopic (exact) mass is 445 g/mol. The predicted octanol–water partition coefficient (Wildman–Crippen LogP) is 2.00. The number of phenols is 4. The fraction of sp³-hybridized carbons (Fsp3) is 0.318. The Balaban J connectivity index is 1.71. The molecule has 0 saturated carbocycles. The number of hydrogen-bond acceptors (Lipinski definition) is 10. The number of benzene rings is 2. The Morgan fingerprint density at radius 1 is 1.00 bits per heavy atom. The van der Waals surface area contributed by atoms with Gasteiger partial charge in [-0.25, -0.2) is 0 Å². The SMILES string of the molecule is COc1c(-c2cc(O)c(O)c(O)c2)oc2cc(OCCN3CCOCC3)cc(O)c2c1=O. The second kappa shape index (κ2) is 8.85. The normalized spacial score (nSPS) is 14.5. The number of nitrogens with zero attached hydrogens (tertiary/aromatic N) is 1. The maximum absolute atomic E-state index is 13.0. The topological polar surface area (TPSA) is 142 Å². The van der Waals surface area contributed by atoms with Gasteiger partial charge < -0.3 is 39.1 Å². The van der Waals surface area contributed by atoms with Crippen molar-refractivity contribution in [2.45, 2.75) is 0 Å². The van der Waals surface area contributed by atoms with Crippen molar-refractivity contribution in [1.82, 2.24) is 4.90 Å². The molecule has 0 amide bonds. The molecular formula is C22H23NO9. The molecule has 170 valence electrons. The van der Waals surface area contributed by atoms with Crippen LogP contribution in [-0.4, -0.2) is 71.9 Å². The molecule has 0 bridgehead atoms. The lowest BCUT2D eigenvalue weighted by atomic mass is 10.1. The van der Waals surface area contributed by atoms with Gasteiger partial charge in [0.15, 0.2) is 23.0 Å². The first-order chi connectivity index (χ1) is 15.4. The smallest absolute Gasteiger partial charge is 0.239 e. The van der Waals surface area contributed by atoms with Crippen LogP contribution in [0.1, 0.15) is 0 Å². The number of hydrogen-bond donors (Lipinski definition) is 4. The fourth-order valence-electron chi connectivity index (χ4n) is 3.57. The molecule has 1 aliphatic rings. The van der Waals surface area contributed by atoms with E-state index in [4.69, 9.17) is 18.6 Å². The summed E-state index contributed by atoms with van der Waals surface area (Å²) in [6, 6.07) is 5.03. The highest BCUT2D eigenvalue weighted by Gasteiger charge is 2.22. The molecule has 0 spiro atoms. The zero-order valence-corrected chi connectivity index (χ0v) is 17.3. The van der Waals surface area contributed by atoms with Gasteiger partial charge >= 0.3 is 0 Å². The quantitative estimate of drug-likeness (QED) is 0.416. The van der Waals surface area contributed by atoms with E-state index < -0.39 is 22.7 Å². The second-order valence-corrected chi connectivity index (χ2v) is 7.27. The lowest BCUT2D eigenvalue weighted by molar-refractivity contribution is 0.0322. The third-order valence-electron chi connectivity index (χ3n) is 5.22. The van der Waals surface area contributed by atoms with Gasteiger partial charge in [0.05, 0.1) is 20.3 Å². The maximum Gasteiger partial charge on any atom is 0.239 e. The molecule has 2 aromatic carbocycles. The minimum atomic E-state index is -0.704. The summed E-state index contributed by atoms with van der Waals surface area (Å²) in [7, 11) is 1.25. The summed E-state index contributed by atoms with van der Waals surface area (Å²) < 4.78 is 22.1. The van der Waals surface area contributed by atoms with Crippen LogP contribution >= 0.6 is 0 Å². The lowest BCUT2D eigenvalue weighted by Gasteiger charge is -2.26. The molecule has 2 heterocycles. The Morgan fingerprint density at radius 3 is 2.34 bits per heavy atom. The van der Waals surface area contributed by atoms with Crippen LogP contribution in [0.2, 0.25) is 0 Å². The van der Waals surface area contributed by atoms with Crippen LogP contribution in [0, 0.1) is 0 Å². The summed E-state index contributed by atoms with van der Waals surface area (Å²) in [4.78, 5) is 15.2. The first-order valence-electron chi connectivity index (χ1n) is 9.95. The van der Waals surface area contributed by atoms with Crippen molar-refractivity contribution < 1.29 is 39.1 Å². The largest absolute Gasteiger partial charge is 0.507 e. The second-order valence-electron chi connectivity index (χ2n) is 7.27. The zero-order valence-electron chi connectivity index (χ0n) is 17.3. The van der Waals surface area contributed by atoms with E-state index in [9.17, 15) is 25.2 Å². The number of fused-ring (bicyclic) bond motifs is 1. The number of phenolic OH excluding ortho intramolecular Hbond substituents is 4. The van der Waals surface area contributed by atoms with E-state index in [0.29, 0.717) is 32.1 Å². The molecule has 10 heteroatoms. The van der Waals surface area contributed by atoms with Crippen LogP contribution in [0.4, 0.5) is 0 Å². The highest BCUT2D eigenvalue weighted by Crippen LogP contribution is 2.42. The van der Waals surface area contributed by atoms with Crippen molar-refractivity contribution in [3.8, 4) is 45.8 Å². The van der Waals surface area contributed by atoms with Crippen LogP contribution < -0.4 is 14.9 Å². The molecule has 0 aliphatic carbocycles. The minimum Gasteiger partial charge on any atom is -0.507 e. The van der Waals surface area contributed by atoms with Gasteiger partial charge in [-0.3, -0.25) is 9.69 Å². The van der Waals surface area contributed by atoms with Crippen molar-refractivity contribution in [2.75, 3.05) is 46.6 Å². The van der Waals surface area contributed by atoms with Crippen molar-refractivity contribution >= 4 is 11.0 Å². The third-order valence-corrected chi connectivity index (χ3v) is 5.22. The number of rotatable bonds is 6. The van der Waals surface area contributed by atoms with E-state index in [2.05, 4.69) is 4.90 Å². The molecule has 32 heavy (non-hydrogen) atoms. The molecule has 0 unspecified atom stereocenters. The Bertz CT molecular complexity index is 1180. The highest BCUT2D eigenvalue weighted by molar-refractivity contribution is 5.88. The minimum absolute atomic E-state index is 0.0271. The van der Waals surface area contributed by atoms with E-state index in [1.807, 2.05) is 0 Å². The number of morpholine rings is 1. The number of ether oxygens (including phenoxy) is 3. The Hall–Kier alpha value is -3.63. The van der Waals surface area contributed by atoms with Crippen LogP contribution in [0.5, 0.6) is 34.5 Å². The van der Waals surface area contributed by atoms with Gasteiger partial charge in [0, 0.05) is 37.3 Å². The van der Waals surface area contributed by atoms with Crippen LogP contribution in [0.25, 0.3) is 22.3 Å². The summed E-state index contributed by atoms with van der Waals surface area (Å²) in [6.07, 6.45) is 0. The van der Waals surface area contributed by atoms with Crippen molar-refractivity contribution in [1.29, 1.82) is 0 Å². The van der Waals surface area contributed by atoms with Crippen LogP contribution in [0.15, 0.2) is 33.5 Å². The van der Waals surface area contributed by atoms with Gasteiger partial charge in [-0.2, -0.15) is 0 Å². The van der Waals surface area contributed by atoms with E-state index in [0.717, 1.165) is 25.2 Å². The molecule has 1 fully saturated rings. The molecule has 0 atom stereocenters. The van der Waals surface area contributed by atoms with Gasteiger partial charge in [0.25, 0.3) is 0 Å². The maximum atomic E-state index is 13.0. The van der Waals surface area contributed by atoms with Gasteiger partial charge in [-0.15, -0.1) is 0 Å². The van der Waals surface area contributed by atoms with E-state index >= 15 is 0 Å². The summed E-state index contributed by atoms with van der Waals surface area (Å²) in [6.45, 7) is 4.01. The summed E-state index contributed by atoms with van der Waals surface area (Å²) in [5.41, 5.74) is -0.529. The molecule has 1 saturated heterocycles. The highest BCUT2D eigenvalue weighted by atomic mass is 16.5. The molecule has 1 aliphatic heterocycles. The first-order valence-corrected chi connectivity index (χ1v) is 9.95. The van der Waals surface area contributed by atoms with E-state index in [1.165, 1.54) is 19.2 Å². The van der Waals surface area contributed by atoms with Crippen molar-refractivity contribution in [3.05, 3.63) is 34.5 Å². The molecule has 4 N–H and O–H groups in total. The third kappa shape index (κ3) is 4.10. The van der Waals surface area contributed by atoms with Crippen LogP contribution in [-0.2, 0) is 4.74 Å². The van der Waals surface area contributed by atoms with Gasteiger partial charge in [-0.1, -0.05) is 0 Å². The molecule has 0 radical (unpaired) electrons. The summed E-state index contributed by atoms with van der Waals surface area (Å²) in [5, 5.41) is 39.6. The van der Waals surface area contributed by atoms with Crippen LogP contribution in [0.3, 0.4) is 0 Å². The molecule has 4 rings (SSSR count). The first kappa shape index (κ1) is 21.6. The molecular weight excluding hydrogens is 422 g/mol. The average molecular weight is 445 g/mol. The predicted molar refractivity (Wildman–Crippen MR) is 114 cm³/mol. The van der Waals surface area contributed by atoms with Gasteiger partial charge in [0.2, 0.25) is 11.2 Å². The lowest BCUT2D eigenvalue weighted by Crippen LogP contribution is -2.38. The average Bonchev–Trinajstić information content (AvgIpc) is 2.77. The standard InChI is InChI=1S/C22H23NO9/c1-29-22-20(28)18-14(24)10-13(31-7-4-23-2-5-30-6-3-23)11-17(18)32-21(22)12-8-15(25)19(27)16(26)9-12/h8-11,24-27H,2-7H2,1H3. The van der Waals surface area contributed by atoms with Crippen molar-refractivity contribution in [2.24, 2.45) is 0 Å². The molecule has 10 nitrogen and oxygen atoms in total. The number of aromatic hydroxyl groups is 4. The Kier molecular flexibility index (Phi) is 5.97.